The molecule has 3 heteroatoms. The van der Waals surface area contributed by atoms with Crippen LogP contribution in [0.5, 0.6) is 5.75 Å². The molecule has 3 aromatic rings. The molecule has 1 atom stereocenters. The van der Waals surface area contributed by atoms with Gasteiger partial charge in [-0.05, 0) is 17.0 Å². The molecule has 0 fully saturated rings. The van der Waals surface area contributed by atoms with Gasteiger partial charge in [0.1, 0.15) is 5.75 Å². The van der Waals surface area contributed by atoms with Gasteiger partial charge in [-0.3, -0.25) is 0 Å². The molecule has 0 radical (unpaired) electrons. The average molecular weight is 331 g/mol. The lowest BCUT2D eigenvalue weighted by Gasteiger charge is -2.22. The molecule has 0 saturated heterocycles. The van der Waals surface area contributed by atoms with Crippen molar-refractivity contribution in [3.05, 3.63) is 91.0 Å². The Morgan fingerprint density at radius 1 is 1.04 bits per heavy atom. The van der Waals surface area contributed by atoms with Crippen LogP contribution in [-0.4, -0.2) is 24.6 Å². The third-order valence-corrected chi connectivity index (χ3v) is 4.24. The van der Waals surface area contributed by atoms with Crippen LogP contribution in [0.1, 0.15) is 11.5 Å². The van der Waals surface area contributed by atoms with Crippen LogP contribution in [0.25, 0.3) is 10.8 Å². The van der Waals surface area contributed by atoms with Crippen LogP contribution < -0.4 is 4.74 Å². The van der Waals surface area contributed by atoms with Crippen molar-refractivity contribution in [2.45, 2.75) is 5.92 Å². The zero-order chi connectivity index (χ0) is 17.6. The molecular formula is C22H21NO2. The highest BCUT2D eigenvalue weighted by atomic mass is 16.6. The molecule has 0 spiro atoms. The first-order valence-corrected chi connectivity index (χ1v) is 8.27. The molecule has 0 unspecified atom stereocenters. The molecule has 126 valence electrons. The van der Waals surface area contributed by atoms with Crippen LogP contribution in [0, 0.1) is 0 Å². The van der Waals surface area contributed by atoms with E-state index in [0.717, 1.165) is 16.3 Å². The van der Waals surface area contributed by atoms with Crippen LogP contribution >= 0.6 is 0 Å². The van der Waals surface area contributed by atoms with E-state index in [1.54, 1.807) is 11.9 Å². The van der Waals surface area contributed by atoms with E-state index in [9.17, 15) is 4.79 Å². The maximum absolute atomic E-state index is 12.5. The number of likely N-dealkylation sites (N-methyl/N-ethyl adjacent to an activating group) is 1. The van der Waals surface area contributed by atoms with Gasteiger partial charge in [0, 0.05) is 24.9 Å². The molecule has 3 nitrogen and oxygen atoms in total. The number of carbonyl (C=O) groups is 1. The van der Waals surface area contributed by atoms with Gasteiger partial charge >= 0.3 is 6.09 Å². The molecular weight excluding hydrogens is 310 g/mol. The van der Waals surface area contributed by atoms with Gasteiger partial charge in [0.2, 0.25) is 0 Å². The normalized spacial score (nSPS) is 11.7. The van der Waals surface area contributed by atoms with Crippen LogP contribution in [0.3, 0.4) is 0 Å². The summed E-state index contributed by atoms with van der Waals surface area (Å²) in [5.41, 5.74) is 1.13. The van der Waals surface area contributed by atoms with Gasteiger partial charge in [-0.1, -0.05) is 72.8 Å². The highest BCUT2D eigenvalue weighted by molar-refractivity contribution is 5.90. The van der Waals surface area contributed by atoms with Gasteiger partial charge in [-0.25, -0.2) is 4.79 Å². The van der Waals surface area contributed by atoms with Gasteiger partial charge in [0.15, 0.2) is 0 Å². The Hall–Kier alpha value is -3.07. The van der Waals surface area contributed by atoms with E-state index in [-0.39, 0.29) is 12.0 Å². The van der Waals surface area contributed by atoms with Crippen molar-refractivity contribution < 1.29 is 9.53 Å². The minimum absolute atomic E-state index is 0.0614. The highest BCUT2D eigenvalue weighted by Gasteiger charge is 2.17. The Balaban J connectivity index is 1.73. The molecule has 0 heterocycles. The second kappa shape index (κ2) is 7.67. The summed E-state index contributed by atoms with van der Waals surface area (Å²) in [4.78, 5) is 14.1. The molecule has 0 aliphatic heterocycles. The molecule has 0 aliphatic carbocycles. The van der Waals surface area contributed by atoms with E-state index >= 15 is 0 Å². The summed E-state index contributed by atoms with van der Waals surface area (Å²) < 4.78 is 5.62. The summed E-state index contributed by atoms with van der Waals surface area (Å²) in [6, 6.07) is 23.6. The third-order valence-electron chi connectivity index (χ3n) is 4.24. The van der Waals surface area contributed by atoms with Crippen molar-refractivity contribution in [1.82, 2.24) is 4.90 Å². The Labute approximate surface area is 148 Å². The lowest BCUT2D eigenvalue weighted by atomic mass is 9.99. The number of rotatable bonds is 5. The van der Waals surface area contributed by atoms with Crippen LogP contribution in [0.15, 0.2) is 85.5 Å². The molecule has 3 rings (SSSR count). The fourth-order valence-electron chi connectivity index (χ4n) is 2.84. The summed E-state index contributed by atoms with van der Waals surface area (Å²) >= 11 is 0. The summed E-state index contributed by atoms with van der Waals surface area (Å²) in [7, 11) is 1.74. The van der Waals surface area contributed by atoms with E-state index in [1.165, 1.54) is 0 Å². The molecule has 0 bridgehead atoms. The zero-order valence-electron chi connectivity index (χ0n) is 14.3. The van der Waals surface area contributed by atoms with Crippen LogP contribution in [-0.2, 0) is 0 Å². The summed E-state index contributed by atoms with van der Waals surface area (Å²) in [6.45, 7) is 4.41. The SMILES string of the molecule is C=C[C@H](CN(C)C(=O)Oc1cccc2ccccc12)c1ccccc1. The third kappa shape index (κ3) is 3.89. The monoisotopic (exact) mass is 331 g/mol. The van der Waals surface area contributed by atoms with Crippen molar-refractivity contribution in [2.24, 2.45) is 0 Å². The molecule has 0 aromatic heterocycles. The smallest absolute Gasteiger partial charge is 0.410 e. The summed E-state index contributed by atoms with van der Waals surface area (Å²) in [5.74, 6) is 0.635. The van der Waals surface area contributed by atoms with Crippen molar-refractivity contribution in [3.8, 4) is 5.75 Å². The zero-order valence-corrected chi connectivity index (χ0v) is 14.3. The summed E-state index contributed by atoms with van der Waals surface area (Å²) in [5, 5.41) is 1.97. The molecule has 25 heavy (non-hydrogen) atoms. The van der Waals surface area contributed by atoms with Crippen LogP contribution in [0.2, 0.25) is 0 Å². The Kier molecular flexibility index (Phi) is 5.14. The van der Waals surface area contributed by atoms with Gasteiger partial charge in [0.05, 0.1) is 0 Å². The van der Waals surface area contributed by atoms with Gasteiger partial charge < -0.3 is 9.64 Å². The fourth-order valence-corrected chi connectivity index (χ4v) is 2.84. The highest BCUT2D eigenvalue weighted by Crippen LogP contribution is 2.26. The second-order valence-electron chi connectivity index (χ2n) is 5.98. The van der Waals surface area contributed by atoms with Gasteiger partial charge in [0.25, 0.3) is 0 Å². The quantitative estimate of drug-likeness (QED) is 0.598. The van der Waals surface area contributed by atoms with Crippen molar-refractivity contribution >= 4 is 16.9 Å². The Bertz CT molecular complexity index is 868. The second-order valence-corrected chi connectivity index (χ2v) is 5.98. The Morgan fingerprint density at radius 2 is 1.72 bits per heavy atom. The number of fused-ring (bicyclic) bond motifs is 1. The predicted octanol–water partition coefficient (Wildman–Crippen LogP) is 5.24. The largest absolute Gasteiger partial charge is 0.415 e. The van der Waals surface area contributed by atoms with Crippen molar-refractivity contribution in [1.29, 1.82) is 0 Å². The van der Waals surface area contributed by atoms with Crippen molar-refractivity contribution in [3.63, 3.8) is 0 Å². The van der Waals surface area contributed by atoms with E-state index in [2.05, 4.69) is 6.58 Å². The number of nitrogens with zero attached hydrogens (tertiary/aromatic N) is 1. The number of hydrogen-bond acceptors (Lipinski definition) is 2. The first-order chi connectivity index (χ1) is 12.2. The number of ether oxygens (including phenoxy) is 1. The first kappa shape index (κ1) is 16.8. The summed E-state index contributed by atoms with van der Waals surface area (Å²) in [6.07, 6.45) is 1.48. The number of amides is 1. The van der Waals surface area contributed by atoms with E-state index < -0.39 is 0 Å². The lowest BCUT2D eigenvalue weighted by molar-refractivity contribution is 0.162. The van der Waals surface area contributed by atoms with E-state index in [4.69, 9.17) is 4.74 Å². The van der Waals surface area contributed by atoms with E-state index in [0.29, 0.717) is 12.3 Å². The molecule has 3 aromatic carbocycles. The lowest BCUT2D eigenvalue weighted by Crippen LogP contribution is -2.33. The Morgan fingerprint density at radius 3 is 2.48 bits per heavy atom. The molecule has 0 N–H and O–H groups in total. The predicted molar refractivity (Wildman–Crippen MR) is 102 cm³/mol. The fraction of sp³-hybridized carbons (Fsp3) is 0.136. The first-order valence-electron chi connectivity index (χ1n) is 8.27. The molecule has 0 saturated carbocycles. The maximum Gasteiger partial charge on any atom is 0.415 e. The minimum Gasteiger partial charge on any atom is -0.410 e. The maximum atomic E-state index is 12.5. The van der Waals surface area contributed by atoms with Crippen molar-refractivity contribution in [2.75, 3.05) is 13.6 Å². The van der Waals surface area contributed by atoms with Gasteiger partial charge in [-0.2, -0.15) is 0 Å². The number of carbonyl (C=O) groups excluding carboxylic acids is 1. The standard InChI is InChI=1S/C22H21NO2/c1-3-17(18-10-5-4-6-11-18)16-23(2)22(24)25-21-15-9-13-19-12-7-8-14-20(19)21/h3-15,17H,1,16H2,2H3/t17-/m1/s1. The van der Waals surface area contributed by atoms with Gasteiger partial charge in [-0.15, -0.1) is 6.58 Å². The average Bonchev–Trinajstić information content (AvgIpc) is 2.67. The van der Waals surface area contributed by atoms with Crippen LogP contribution in [0.4, 0.5) is 4.79 Å². The minimum atomic E-state index is -0.376. The number of hydrogen-bond donors (Lipinski definition) is 0. The topological polar surface area (TPSA) is 29.5 Å². The van der Waals surface area contributed by atoms with E-state index in [1.807, 2.05) is 78.9 Å². The number of benzene rings is 3. The molecule has 0 aliphatic rings. The molecule has 1 amide bonds.